The number of benzene rings is 2. The summed E-state index contributed by atoms with van der Waals surface area (Å²) in [6.45, 7) is 1.51. The Morgan fingerprint density at radius 3 is 2.41 bits per heavy atom. The van der Waals surface area contributed by atoms with Gasteiger partial charge >= 0.3 is 0 Å². The Hall–Kier alpha value is -3.90. The number of aryl methyl sites for hydroxylation is 1. The van der Waals surface area contributed by atoms with Gasteiger partial charge in [0.05, 0.1) is 5.71 Å². The van der Waals surface area contributed by atoms with Gasteiger partial charge in [-0.1, -0.05) is 23.4 Å². The molecule has 0 amide bonds. The maximum absolute atomic E-state index is 9.27. The lowest BCUT2D eigenvalue weighted by atomic mass is 9.98. The minimum absolute atomic E-state index is 0.643. The summed E-state index contributed by atoms with van der Waals surface area (Å²) in [6, 6.07) is 20.3. The molecule has 1 aliphatic rings. The zero-order chi connectivity index (χ0) is 23.5. The van der Waals surface area contributed by atoms with Crippen LogP contribution in [0.1, 0.15) is 17.5 Å². The highest BCUT2D eigenvalue weighted by molar-refractivity contribution is 6.04. The number of hydrogen-bond donors (Lipinski definition) is 1. The van der Waals surface area contributed by atoms with Crippen molar-refractivity contribution in [2.75, 3.05) is 27.2 Å². The van der Waals surface area contributed by atoms with E-state index in [-0.39, 0.29) is 0 Å². The van der Waals surface area contributed by atoms with Crippen LogP contribution in [-0.4, -0.2) is 48.0 Å². The molecule has 1 aliphatic carbocycles. The Labute approximate surface area is 199 Å². The Balaban J connectivity index is 1.50. The molecule has 1 N–H and O–H groups in total. The second kappa shape index (κ2) is 9.53. The first-order valence-corrected chi connectivity index (χ1v) is 11.4. The molecule has 0 aliphatic heterocycles. The minimum atomic E-state index is 0.643. The van der Waals surface area contributed by atoms with E-state index in [2.05, 4.69) is 33.2 Å². The van der Waals surface area contributed by atoms with Gasteiger partial charge in [0.15, 0.2) is 0 Å². The van der Waals surface area contributed by atoms with Gasteiger partial charge in [0, 0.05) is 41.2 Å². The third kappa shape index (κ3) is 4.45. The van der Waals surface area contributed by atoms with E-state index < -0.39 is 0 Å². The summed E-state index contributed by atoms with van der Waals surface area (Å²) < 4.78 is 12.2. The standard InChI is InChI=1S/C28H27N3O3/c1-31(2)15-16-33-23-7-3-19(4-8-23)27-18-25(28(34-27)20-11-13-29-14-12-20)22-5-9-24-21(17-22)6-10-26(24)30-32/h3-5,7-9,11-14,17-18,32H,6,10,15-16H2,1-2H3/b30-26+. The van der Waals surface area contributed by atoms with Crippen LogP contribution < -0.4 is 4.74 Å². The monoisotopic (exact) mass is 453 g/mol. The van der Waals surface area contributed by atoms with Crippen LogP contribution in [0.2, 0.25) is 0 Å². The van der Waals surface area contributed by atoms with Gasteiger partial charge in [-0.05, 0) is 80.5 Å². The largest absolute Gasteiger partial charge is 0.492 e. The van der Waals surface area contributed by atoms with Crippen molar-refractivity contribution in [1.29, 1.82) is 0 Å². The number of rotatable bonds is 7. The minimum Gasteiger partial charge on any atom is -0.492 e. The number of aromatic nitrogens is 1. The molecule has 0 atom stereocenters. The number of furan rings is 1. The van der Waals surface area contributed by atoms with Crippen molar-refractivity contribution in [2.45, 2.75) is 12.8 Å². The van der Waals surface area contributed by atoms with Crippen molar-refractivity contribution in [3.05, 3.63) is 84.2 Å². The molecule has 6 nitrogen and oxygen atoms in total. The average molecular weight is 454 g/mol. The molecule has 0 saturated heterocycles. The predicted octanol–water partition coefficient (Wildman–Crippen LogP) is 5.74. The molecule has 5 rings (SSSR count). The molecule has 0 radical (unpaired) electrons. The molecule has 34 heavy (non-hydrogen) atoms. The van der Waals surface area contributed by atoms with Crippen LogP contribution in [0.5, 0.6) is 5.75 Å². The molecule has 4 aromatic rings. The Kier molecular flexibility index (Phi) is 6.14. The normalized spacial score (nSPS) is 14.0. The lowest BCUT2D eigenvalue weighted by Gasteiger charge is -2.11. The molecular formula is C28H27N3O3. The van der Waals surface area contributed by atoms with E-state index in [4.69, 9.17) is 9.15 Å². The summed E-state index contributed by atoms with van der Waals surface area (Å²) in [7, 11) is 4.06. The fraction of sp³-hybridized carbons (Fsp3) is 0.214. The summed E-state index contributed by atoms with van der Waals surface area (Å²) >= 11 is 0. The molecule has 2 aromatic heterocycles. The molecule has 2 aromatic carbocycles. The summed E-state index contributed by atoms with van der Waals surface area (Å²) in [5.74, 6) is 2.43. The fourth-order valence-electron chi connectivity index (χ4n) is 4.27. The van der Waals surface area contributed by atoms with Crippen LogP contribution in [0.4, 0.5) is 0 Å². The molecular weight excluding hydrogens is 426 g/mol. The summed E-state index contributed by atoms with van der Waals surface area (Å²) in [4.78, 5) is 6.25. The molecule has 0 saturated carbocycles. The fourth-order valence-corrected chi connectivity index (χ4v) is 4.27. The number of pyridine rings is 1. The smallest absolute Gasteiger partial charge is 0.142 e. The highest BCUT2D eigenvalue weighted by Gasteiger charge is 2.21. The van der Waals surface area contributed by atoms with Crippen molar-refractivity contribution in [1.82, 2.24) is 9.88 Å². The van der Waals surface area contributed by atoms with Crippen molar-refractivity contribution in [3.8, 4) is 39.5 Å². The quantitative estimate of drug-likeness (QED) is 0.285. The van der Waals surface area contributed by atoms with E-state index in [1.807, 2.05) is 56.6 Å². The maximum Gasteiger partial charge on any atom is 0.142 e. The SMILES string of the molecule is CN(C)CCOc1ccc(-c2cc(-c3ccc4c(c3)CC/C4=N\O)c(-c3ccncc3)o2)cc1. The van der Waals surface area contributed by atoms with Gasteiger partial charge in [0.2, 0.25) is 0 Å². The number of ether oxygens (including phenoxy) is 1. The number of fused-ring (bicyclic) bond motifs is 1. The van der Waals surface area contributed by atoms with Gasteiger partial charge in [-0.3, -0.25) is 4.98 Å². The topological polar surface area (TPSA) is 71.1 Å². The summed E-state index contributed by atoms with van der Waals surface area (Å²) in [6.07, 6.45) is 5.17. The molecule has 0 unspecified atom stereocenters. The van der Waals surface area contributed by atoms with Gasteiger partial charge in [-0.2, -0.15) is 0 Å². The maximum atomic E-state index is 9.27. The van der Waals surface area contributed by atoms with Crippen LogP contribution in [-0.2, 0) is 6.42 Å². The van der Waals surface area contributed by atoms with Crippen LogP contribution in [0.3, 0.4) is 0 Å². The lowest BCUT2D eigenvalue weighted by molar-refractivity contribution is 0.261. The van der Waals surface area contributed by atoms with Crippen molar-refractivity contribution in [2.24, 2.45) is 5.16 Å². The van der Waals surface area contributed by atoms with E-state index in [9.17, 15) is 5.21 Å². The van der Waals surface area contributed by atoms with E-state index in [0.717, 1.165) is 70.2 Å². The molecule has 2 heterocycles. The van der Waals surface area contributed by atoms with E-state index in [1.54, 1.807) is 12.4 Å². The third-order valence-electron chi connectivity index (χ3n) is 6.10. The Morgan fingerprint density at radius 2 is 1.68 bits per heavy atom. The third-order valence-corrected chi connectivity index (χ3v) is 6.10. The molecule has 0 fully saturated rings. The second-order valence-electron chi connectivity index (χ2n) is 8.68. The lowest BCUT2D eigenvalue weighted by Crippen LogP contribution is -2.19. The van der Waals surface area contributed by atoms with Crippen LogP contribution in [0.25, 0.3) is 33.8 Å². The number of hydrogen-bond acceptors (Lipinski definition) is 6. The number of nitrogens with zero attached hydrogens (tertiary/aromatic N) is 3. The van der Waals surface area contributed by atoms with E-state index >= 15 is 0 Å². The number of likely N-dealkylation sites (N-methyl/N-ethyl adjacent to an activating group) is 1. The van der Waals surface area contributed by atoms with Gasteiger partial charge in [-0.15, -0.1) is 0 Å². The first kappa shape index (κ1) is 21.9. The molecule has 0 spiro atoms. The van der Waals surface area contributed by atoms with Crippen molar-refractivity contribution >= 4 is 5.71 Å². The predicted molar refractivity (Wildman–Crippen MR) is 134 cm³/mol. The summed E-state index contributed by atoms with van der Waals surface area (Å²) in [5, 5.41) is 12.7. The zero-order valence-electron chi connectivity index (χ0n) is 19.4. The Morgan fingerprint density at radius 1 is 0.912 bits per heavy atom. The molecule has 0 bridgehead atoms. The first-order chi connectivity index (χ1) is 16.6. The molecule has 6 heteroatoms. The van der Waals surface area contributed by atoms with Crippen molar-refractivity contribution < 1.29 is 14.4 Å². The average Bonchev–Trinajstić information content (AvgIpc) is 3.49. The molecule has 172 valence electrons. The van der Waals surface area contributed by atoms with Gasteiger partial charge in [0.25, 0.3) is 0 Å². The first-order valence-electron chi connectivity index (χ1n) is 11.4. The van der Waals surface area contributed by atoms with E-state index in [0.29, 0.717) is 6.61 Å². The van der Waals surface area contributed by atoms with Crippen LogP contribution >= 0.6 is 0 Å². The van der Waals surface area contributed by atoms with Gasteiger partial charge < -0.3 is 19.3 Å². The zero-order valence-corrected chi connectivity index (χ0v) is 19.4. The van der Waals surface area contributed by atoms with E-state index in [1.165, 1.54) is 5.56 Å². The van der Waals surface area contributed by atoms with Gasteiger partial charge in [-0.25, -0.2) is 0 Å². The second-order valence-corrected chi connectivity index (χ2v) is 8.68. The van der Waals surface area contributed by atoms with Crippen molar-refractivity contribution in [3.63, 3.8) is 0 Å². The Bertz CT molecular complexity index is 1310. The van der Waals surface area contributed by atoms with Gasteiger partial charge in [0.1, 0.15) is 23.9 Å². The summed E-state index contributed by atoms with van der Waals surface area (Å²) in [5.41, 5.74) is 7.00. The number of oxime groups is 1. The van der Waals surface area contributed by atoms with Crippen LogP contribution in [0, 0.1) is 0 Å². The highest BCUT2D eigenvalue weighted by atomic mass is 16.5. The highest BCUT2D eigenvalue weighted by Crippen LogP contribution is 2.40. The van der Waals surface area contributed by atoms with Crippen LogP contribution in [0.15, 0.2) is 82.6 Å².